The van der Waals surface area contributed by atoms with Crippen LogP contribution in [0.2, 0.25) is 0 Å². The number of hydrogen-bond donors (Lipinski definition) is 1. The normalized spacial score (nSPS) is 34.7. The van der Waals surface area contributed by atoms with Crippen LogP contribution in [0.1, 0.15) is 45.4 Å². The minimum Gasteiger partial charge on any atom is -0.353 e. The van der Waals surface area contributed by atoms with Crippen molar-refractivity contribution in [2.24, 2.45) is 23.7 Å². The number of carbonyl (C=O) groups excluding carboxylic acids is 1. The molecule has 1 heterocycles. The fourth-order valence-electron chi connectivity index (χ4n) is 4.81. The monoisotopic (exact) mass is 328 g/mol. The zero-order valence-electron chi connectivity index (χ0n) is 13.6. The molecule has 5 nitrogen and oxygen atoms in total. The largest absolute Gasteiger partial charge is 0.353 e. The molecule has 0 aromatic rings. The molecule has 126 valence electrons. The summed E-state index contributed by atoms with van der Waals surface area (Å²) in [5.74, 6) is 2.46. The quantitative estimate of drug-likeness (QED) is 0.852. The van der Waals surface area contributed by atoms with Gasteiger partial charge in [0.2, 0.25) is 15.9 Å². The molecule has 2 saturated carbocycles. The molecule has 4 atom stereocenters. The van der Waals surface area contributed by atoms with Crippen molar-refractivity contribution in [2.75, 3.05) is 19.3 Å². The van der Waals surface area contributed by atoms with Crippen molar-refractivity contribution in [1.29, 1.82) is 0 Å². The van der Waals surface area contributed by atoms with Crippen LogP contribution in [-0.4, -0.2) is 44.0 Å². The molecule has 0 aromatic carbocycles. The lowest BCUT2D eigenvalue weighted by atomic mass is 9.83. The predicted molar refractivity (Wildman–Crippen MR) is 85.7 cm³/mol. The number of piperidine rings is 1. The molecule has 3 rings (SSSR count). The Labute approximate surface area is 133 Å². The SMILES string of the molecule is CC(NC(=O)C1CCN(S(C)(=O)=O)CC1)C1CC2CCC1C2. The lowest BCUT2D eigenvalue weighted by molar-refractivity contribution is -0.127. The second-order valence-electron chi connectivity index (χ2n) is 7.57. The van der Waals surface area contributed by atoms with Crippen LogP contribution in [0.3, 0.4) is 0 Å². The van der Waals surface area contributed by atoms with Crippen molar-refractivity contribution < 1.29 is 13.2 Å². The van der Waals surface area contributed by atoms with Gasteiger partial charge in [0.1, 0.15) is 0 Å². The van der Waals surface area contributed by atoms with E-state index in [0.717, 1.165) is 11.8 Å². The second kappa shape index (κ2) is 6.11. The molecule has 1 aliphatic heterocycles. The highest BCUT2D eigenvalue weighted by molar-refractivity contribution is 7.88. The Morgan fingerprint density at radius 3 is 2.32 bits per heavy atom. The molecule has 4 unspecified atom stereocenters. The number of nitrogens with one attached hydrogen (secondary N) is 1. The number of nitrogens with zero attached hydrogens (tertiary/aromatic N) is 1. The van der Waals surface area contributed by atoms with Crippen molar-refractivity contribution in [3.8, 4) is 0 Å². The molecule has 1 saturated heterocycles. The van der Waals surface area contributed by atoms with E-state index >= 15 is 0 Å². The topological polar surface area (TPSA) is 66.5 Å². The van der Waals surface area contributed by atoms with E-state index in [2.05, 4.69) is 12.2 Å². The lowest BCUT2D eigenvalue weighted by Gasteiger charge is -2.32. The standard InChI is InChI=1S/C16H28N2O3S/c1-11(15-10-12-3-4-14(15)9-12)17-16(19)13-5-7-18(8-6-13)22(2,20)21/h11-15H,3-10H2,1-2H3,(H,17,19). The lowest BCUT2D eigenvalue weighted by Crippen LogP contribution is -2.46. The average Bonchev–Trinajstić information content (AvgIpc) is 3.09. The van der Waals surface area contributed by atoms with Crippen LogP contribution < -0.4 is 5.32 Å². The van der Waals surface area contributed by atoms with E-state index in [9.17, 15) is 13.2 Å². The Hall–Kier alpha value is -0.620. The van der Waals surface area contributed by atoms with Gasteiger partial charge in [0, 0.05) is 25.0 Å². The first kappa shape index (κ1) is 16.2. The fraction of sp³-hybridized carbons (Fsp3) is 0.938. The Bertz CT molecular complexity index is 526. The number of amides is 1. The van der Waals surface area contributed by atoms with E-state index in [1.54, 1.807) is 0 Å². The summed E-state index contributed by atoms with van der Waals surface area (Å²) in [5, 5.41) is 3.22. The molecule has 3 aliphatic rings. The van der Waals surface area contributed by atoms with Crippen LogP contribution in [0, 0.1) is 23.7 Å². The third kappa shape index (κ3) is 3.32. The van der Waals surface area contributed by atoms with Gasteiger partial charge in [-0.15, -0.1) is 0 Å². The minimum absolute atomic E-state index is 0.0287. The number of sulfonamides is 1. The van der Waals surface area contributed by atoms with E-state index in [1.807, 2.05) is 0 Å². The fourth-order valence-corrected chi connectivity index (χ4v) is 5.68. The van der Waals surface area contributed by atoms with Gasteiger partial charge in [0.25, 0.3) is 0 Å². The van der Waals surface area contributed by atoms with Crippen molar-refractivity contribution in [3.63, 3.8) is 0 Å². The predicted octanol–water partition coefficient (Wildman–Crippen LogP) is 1.60. The third-order valence-electron chi connectivity index (χ3n) is 6.10. The van der Waals surface area contributed by atoms with Gasteiger partial charge in [-0.3, -0.25) is 4.79 Å². The number of fused-ring (bicyclic) bond motifs is 2. The van der Waals surface area contributed by atoms with E-state index in [0.29, 0.717) is 31.8 Å². The van der Waals surface area contributed by atoms with E-state index in [4.69, 9.17) is 0 Å². The maximum absolute atomic E-state index is 12.4. The number of carbonyl (C=O) groups is 1. The molecule has 3 fully saturated rings. The maximum Gasteiger partial charge on any atom is 0.223 e. The summed E-state index contributed by atoms with van der Waals surface area (Å²) in [7, 11) is -3.12. The molecular formula is C16H28N2O3S. The van der Waals surface area contributed by atoms with Crippen LogP contribution >= 0.6 is 0 Å². The van der Waals surface area contributed by atoms with Gasteiger partial charge in [-0.05, 0) is 56.8 Å². The minimum atomic E-state index is -3.12. The summed E-state index contributed by atoms with van der Waals surface area (Å²) in [4.78, 5) is 12.4. The summed E-state index contributed by atoms with van der Waals surface area (Å²) >= 11 is 0. The molecule has 0 aromatic heterocycles. The zero-order valence-corrected chi connectivity index (χ0v) is 14.4. The van der Waals surface area contributed by atoms with Crippen LogP contribution in [0.15, 0.2) is 0 Å². The van der Waals surface area contributed by atoms with Crippen LogP contribution in [0.4, 0.5) is 0 Å². The summed E-state index contributed by atoms with van der Waals surface area (Å²) in [6.07, 6.45) is 7.87. The number of hydrogen-bond acceptors (Lipinski definition) is 3. The van der Waals surface area contributed by atoms with Crippen molar-refractivity contribution >= 4 is 15.9 Å². The molecular weight excluding hydrogens is 300 g/mol. The van der Waals surface area contributed by atoms with Crippen molar-refractivity contribution in [2.45, 2.75) is 51.5 Å². The Morgan fingerprint density at radius 2 is 1.82 bits per heavy atom. The van der Waals surface area contributed by atoms with Crippen LogP contribution in [-0.2, 0) is 14.8 Å². The summed E-state index contributed by atoms with van der Waals surface area (Å²) in [6.45, 7) is 3.09. The molecule has 2 bridgehead atoms. The van der Waals surface area contributed by atoms with Crippen LogP contribution in [0.5, 0.6) is 0 Å². The van der Waals surface area contributed by atoms with Gasteiger partial charge in [-0.2, -0.15) is 0 Å². The highest BCUT2D eigenvalue weighted by Crippen LogP contribution is 2.49. The van der Waals surface area contributed by atoms with Gasteiger partial charge in [0.05, 0.1) is 6.26 Å². The first-order chi connectivity index (χ1) is 10.3. The molecule has 2 aliphatic carbocycles. The van der Waals surface area contributed by atoms with E-state index in [-0.39, 0.29) is 17.9 Å². The zero-order chi connectivity index (χ0) is 15.9. The molecule has 0 radical (unpaired) electrons. The van der Waals surface area contributed by atoms with Gasteiger partial charge in [-0.1, -0.05) is 6.42 Å². The first-order valence-electron chi connectivity index (χ1n) is 8.60. The van der Waals surface area contributed by atoms with Gasteiger partial charge in [0.15, 0.2) is 0 Å². The van der Waals surface area contributed by atoms with Gasteiger partial charge < -0.3 is 5.32 Å². The molecule has 22 heavy (non-hydrogen) atoms. The summed E-state index contributed by atoms with van der Waals surface area (Å²) in [5.41, 5.74) is 0. The molecule has 1 amide bonds. The average molecular weight is 328 g/mol. The van der Waals surface area contributed by atoms with Crippen LogP contribution in [0.25, 0.3) is 0 Å². The molecule has 1 N–H and O–H groups in total. The summed E-state index contributed by atoms with van der Waals surface area (Å²) < 4.78 is 24.5. The van der Waals surface area contributed by atoms with Gasteiger partial charge in [-0.25, -0.2) is 12.7 Å². The summed E-state index contributed by atoms with van der Waals surface area (Å²) in [6, 6.07) is 0.260. The molecule has 0 spiro atoms. The Morgan fingerprint density at radius 1 is 1.14 bits per heavy atom. The second-order valence-corrected chi connectivity index (χ2v) is 9.55. The Kier molecular flexibility index (Phi) is 4.52. The highest BCUT2D eigenvalue weighted by atomic mass is 32.2. The maximum atomic E-state index is 12.4. The molecule has 6 heteroatoms. The smallest absolute Gasteiger partial charge is 0.223 e. The van der Waals surface area contributed by atoms with E-state index < -0.39 is 10.0 Å². The van der Waals surface area contributed by atoms with Crippen molar-refractivity contribution in [3.05, 3.63) is 0 Å². The van der Waals surface area contributed by atoms with E-state index in [1.165, 1.54) is 36.2 Å². The Balaban J connectivity index is 1.48. The first-order valence-corrected chi connectivity index (χ1v) is 10.4. The number of rotatable bonds is 4. The third-order valence-corrected chi connectivity index (χ3v) is 7.40. The van der Waals surface area contributed by atoms with Gasteiger partial charge >= 0.3 is 0 Å². The highest BCUT2D eigenvalue weighted by Gasteiger charge is 2.42. The van der Waals surface area contributed by atoms with Crippen molar-refractivity contribution in [1.82, 2.24) is 9.62 Å².